The largest absolute Gasteiger partial charge is 0.336 e. The highest BCUT2D eigenvalue weighted by atomic mass is 15.3. The summed E-state index contributed by atoms with van der Waals surface area (Å²) in [4.78, 5) is 6.77. The van der Waals surface area contributed by atoms with Crippen molar-refractivity contribution in [2.45, 2.75) is 48.1 Å². The summed E-state index contributed by atoms with van der Waals surface area (Å²) in [5, 5.41) is 4.73. The van der Waals surface area contributed by atoms with E-state index in [1.807, 2.05) is 85.2 Å². The zero-order valence-corrected chi connectivity index (χ0v) is 21.6. The molecule has 0 spiro atoms. The number of benzene rings is 1. The third kappa shape index (κ3) is 7.35. The van der Waals surface area contributed by atoms with Gasteiger partial charge in [0.25, 0.3) is 0 Å². The molecule has 0 unspecified atom stereocenters. The molecule has 1 heterocycles. The zero-order chi connectivity index (χ0) is 25.3. The number of allylic oxidation sites excluding steroid dienone is 7. The maximum absolute atomic E-state index is 5.89. The molecule has 4 heteroatoms. The lowest BCUT2D eigenvalue weighted by Crippen LogP contribution is -2.19. The molecule has 1 aromatic carbocycles. The van der Waals surface area contributed by atoms with Crippen LogP contribution < -0.4 is 0 Å². The lowest BCUT2D eigenvalue weighted by molar-refractivity contribution is 0.637. The first-order valence-corrected chi connectivity index (χ1v) is 11.5. The van der Waals surface area contributed by atoms with Crippen LogP contribution in [-0.2, 0) is 6.54 Å². The van der Waals surface area contributed by atoms with Crippen molar-refractivity contribution < 1.29 is 0 Å². The van der Waals surface area contributed by atoms with Crippen LogP contribution in [0.15, 0.2) is 89.2 Å². The van der Waals surface area contributed by atoms with Crippen LogP contribution in [0.2, 0.25) is 0 Å². The molecule has 0 aliphatic heterocycles. The Morgan fingerprint density at radius 3 is 2.38 bits per heavy atom. The molecule has 0 N–H and O–H groups in total. The normalized spacial score (nSPS) is 11.8. The van der Waals surface area contributed by atoms with Crippen LogP contribution in [0.5, 0.6) is 0 Å². The van der Waals surface area contributed by atoms with Crippen molar-refractivity contribution in [3.63, 3.8) is 0 Å². The minimum atomic E-state index is 0.537. The Morgan fingerprint density at radius 2 is 1.85 bits per heavy atom. The number of aryl methyl sites for hydroxylation is 2. The minimum Gasteiger partial charge on any atom is -0.336 e. The number of rotatable bonds is 8. The fraction of sp³-hybridized carbons (Fsp3) is 0.267. The van der Waals surface area contributed by atoms with Crippen molar-refractivity contribution in [1.82, 2.24) is 14.7 Å². The maximum Gasteiger partial charge on any atom is 0.133 e. The van der Waals surface area contributed by atoms with Gasteiger partial charge in [0.1, 0.15) is 11.5 Å². The van der Waals surface area contributed by atoms with Crippen LogP contribution in [0.3, 0.4) is 0 Å². The van der Waals surface area contributed by atoms with Gasteiger partial charge >= 0.3 is 0 Å². The van der Waals surface area contributed by atoms with Crippen LogP contribution >= 0.6 is 0 Å². The van der Waals surface area contributed by atoms with Gasteiger partial charge < -0.3 is 4.90 Å². The predicted molar refractivity (Wildman–Crippen MR) is 147 cm³/mol. The van der Waals surface area contributed by atoms with Gasteiger partial charge in [0.15, 0.2) is 0 Å². The van der Waals surface area contributed by atoms with Crippen molar-refractivity contribution in [2.24, 2.45) is 4.99 Å². The van der Waals surface area contributed by atoms with Gasteiger partial charge in [-0.15, -0.1) is 6.42 Å². The molecule has 2 rings (SSSR count). The van der Waals surface area contributed by atoms with Crippen molar-refractivity contribution in [3.8, 4) is 12.3 Å². The Bertz CT molecular complexity index is 1200. The van der Waals surface area contributed by atoms with E-state index in [1.54, 1.807) is 0 Å². The van der Waals surface area contributed by atoms with Gasteiger partial charge in [-0.3, -0.25) is 4.68 Å². The molecule has 0 aliphatic carbocycles. The second kappa shape index (κ2) is 12.4. The van der Waals surface area contributed by atoms with Crippen molar-refractivity contribution in [1.29, 1.82) is 0 Å². The van der Waals surface area contributed by atoms with Crippen molar-refractivity contribution >= 4 is 17.0 Å². The zero-order valence-electron chi connectivity index (χ0n) is 21.6. The van der Waals surface area contributed by atoms with Gasteiger partial charge in [-0.05, 0) is 77.0 Å². The molecule has 2 aromatic rings. The van der Waals surface area contributed by atoms with Gasteiger partial charge in [0.05, 0.1) is 5.69 Å². The summed E-state index contributed by atoms with van der Waals surface area (Å²) in [5.74, 6) is 3.49. The molecule has 0 amide bonds. The standard InChI is InChI=1S/C30H36N4/c1-10-27(21-28(23(5)6)29-20-25(8)34(11-2)32-29)31-30(19-22(3)4)33(9)18-17-24(7)26-15-13-12-14-16-26/h1,12-21H,7,11H2,2-6,8-9H3/b18-17-,27-21+,31-30?. The molecule has 0 saturated carbocycles. The number of likely N-dealkylation sites (N-methyl/N-ethyl adjacent to an activating group) is 1. The summed E-state index contributed by atoms with van der Waals surface area (Å²) in [5.41, 5.74) is 7.78. The number of terminal acetylenes is 1. The molecule has 0 radical (unpaired) electrons. The average molecular weight is 453 g/mol. The molecule has 176 valence electrons. The van der Waals surface area contributed by atoms with Gasteiger partial charge in [0, 0.05) is 31.1 Å². The first kappa shape index (κ1) is 26.4. The van der Waals surface area contributed by atoms with E-state index in [2.05, 4.69) is 46.3 Å². The number of aromatic nitrogens is 2. The molecule has 0 saturated heterocycles. The number of hydrogen-bond acceptors (Lipinski definition) is 2. The Morgan fingerprint density at radius 1 is 1.18 bits per heavy atom. The van der Waals surface area contributed by atoms with E-state index >= 15 is 0 Å². The number of amidine groups is 1. The third-order valence-electron chi connectivity index (χ3n) is 5.18. The summed E-state index contributed by atoms with van der Waals surface area (Å²) in [6.45, 7) is 17.3. The highest BCUT2D eigenvalue weighted by Crippen LogP contribution is 2.22. The molecule has 0 bridgehead atoms. The summed E-state index contributed by atoms with van der Waals surface area (Å²) >= 11 is 0. The highest BCUT2D eigenvalue weighted by molar-refractivity contribution is 5.95. The first-order chi connectivity index (χ1) is 16.2. The van der Waals surface area contributed by atoms with Crippen LogP contribution in [0.25, 0.3) is 11.1 Å². The second-order valence-corrected chi connectivity index (χ2v) is 8.58. The lowest BCUT2D eigenvalue weighted by Gasteiger charge is -2.15. The lowest BCUT2D eigenvalue weighted by atomic mass is 10.1. The van der Waals surface area contributed by atoms with E-state index < -0.39 is 0 Å². The van der Waals surface area contributed by atoms with Crippen LogP contribution in [0.4, 0.5) is 0 Å². The van der Waals surface area contributed by atoms with Crippen LogP contribution in [-0.4, -0.2) is 27.6 Å². The second-order valence-electron chi connectivity index (χ2n) is 8.58. The van der Waals surface area contributed by atoms with Crippen LogP contribution in [0.1, 0.15) is 51.6 Å². The van der Waals surface area contributed by atoms with E-state index in [-0.39, 0.29) is 0 Å². The van der Waals surface area contributed by atoms with Crippen LogP contribution in [0, 0.1) is 19.3 Å². The predicted octanol–water partition coefficient (Wildman–Crippen LogP) is 7.05. The van der Waals surface area contributed by atoms with E-state index in [0.29, 0.717) is 5.70 Å². The smallest absolute Gasteiger partial charge is 0.133 e. The van der Waals surface area contributed by atoms with Crippen molar-refractivity contribution in [2.75, 3.05) is 7.05 Å². The van der Waals surface area contributed by atoms with E-state index in [0.717, 1.165) is 51.6 Å². The summed E-state index contributed by atoms with van der Waals surface area (Å²) < 4.78 is 1.98. The molecule has 0 fully saturated rings. The highest BCUT2D eigenvalue weighted by Gasteiger charge is 2.10. The fourth-order valence-corrected chi connectivity index (χ4v) is 3.30. The van der Waals surface area contributed by atoms with E-state index in [1.165, 1.54) is 0 Å². The molecular weight excluding hydrogens is 416 g/mol. The number of hydrogen-bond donors (Lipinski definition) is 0. The van der Waals surface area contributed by atoms with Gasteiger partial charge in [-0.1, -0.05) is 54.0 Å². The van der Waals surface area contributed by atoms with Gasteiger partial charge in [0.2, 0.25) is 0 Å². The Balaban J connectivity index is 2.44. The molecule has 0 aliphatic rings. The topological polar surface area (TPSA) is 33.4 Å². The number of nitrogens with zero attached hydrogens (tertiary/aromatic N) is 4. The molecule has 4 nitrogen and oxygen atoms in total. The maximum atomic E-state index is 5.89. The summed E-state index contributed by atoms with van der Waals surface area (Å²) in [7, 11) is 1.95. The summed E-state index contributed by atoms with van der Waals surface area (Å²) in [6, 6.07) is 12.2. The van der Waals surface area contributed by atoms with Gasteiger partial charge in [-0.25, -0.2) is 4.99 Å². The minimum absolute atomic E-state index is 0.537. The Labute approximate surface area is 205 Å². The Kier molecular flexibility index (Phi) is 9.64. The first-order valence-electron chi connectivity index (χ1n) is 11.5. The SMILES string of the molecule is C#C/C(=C\C(=C(C)C)c1cc(C)n(CC)n1)N=C(C=C(C)C)N(C)/C=C\C(=C)c1ccccc1. The Hall–Kier alpha value is -3.84. The number of aliphatic imine (C=N–C) groups is 1. The molecular formula is C30H36N4. The monoisotopic (exact) mass is 452 g/mol. The van der Waals surface area contributed by atoms with Crippen molar-refractivity contribution in [3.05, 3.63) is 101 Å². The molecule has 34 heavy (non-hydrogen) atoms. The summed E-state index contributed by atoms with van der Waals surface area (Å²) in [6.07, 6.45) is 13.8. The molecule has 1 aromatic heterocycles. The average Bonchev–Trinajstić information content (AvgIpc) is 3.19. The van der Waals surface area contributed by atoms with Gasteiger partial charge in [-0.2, -0.15) is 5.10 Å². The molecule has 0 atom stereocenters. The quantitative estimate of drug-likeness (QED) is 0.186. The van der Waals surface area contributed by atoms with E-state index in [9.17, 15) is 0 Å². The fourth-order valence-electron chi connectivity index (χ4n) is 3.30. The third-order valence-corrected chi connectivity index (χ3v) is 5.18. The van der Waals surface area contributed by atoms with E-state index in [4.69, 9.17) is 16.5 Å².